The average molecular weight is 201 g/mol. The Hall–Kier alpha value is -1.26. The third-order valence-electron chi connectivity index (χ3n) is 2.49. The summed E-state index contributed by atoms with van der Waals surface area (Å²) in [6.07, 6.45) is 8.31. The van der Waals surface area contributed by atoms with Crippen molar-refractivity contribution in [2.45, 2.75) is 19.3 Å². The van der Waals surface area contributed by atoms with Crippen LogP contribution in [-0.4, -0.2) is 25.0 Å². The van der Waals surface area contributed by atoms with Crippen molar-refractivity contribution in [2.75, 3.05) is 20.1 Å². The van der Waals surface area contributed by atoms with E-state index < -0.39 is 0 Å². The van der Waals surface area contributed by atoms with E-state index in [4.69, 9.17) is 6.42 Å². The molecule has 1 heteroatoms. The summed E-state index contributed by atoms with van der Waals surface area (Å²) in [7, 11) is 2.15. The Morgan fingerprint density at radius 3 is 2.60 bits per heavy atom. The van der Waals surface area contributed by atoms with E-state index in [0.717, 1.165) is 32.4 Å². The number of terminal acetylenes is 1. The van der Waals surface area contributed by atoms with E-state index in [9.17, 15) is 0 Å². The van der Waals surface area contributed by atoms with Crippen LogP contribution in [0.3, 0.4) is 0 Å². The van der Waals surface area contributed by atoms with Gasteiger partial charge in [-0.1, -0.05) is 30.3 Å². The minimum absolute atomic E-state index is 0.885. The maximum Gasteiger partial charge on any atom is 0.00982 e. The smallest absolute Gasteiger partial charge is 0.00982 e. The fraction of sp³-hybridized carbons (Fsp3) is 0.429. The van der Waals surface area contributed by atoms with Crippen molar-refractivity contribution in [1.29, 1.82) is 0 Å². The fourth-order valence-electron chi connectivity index (χ4n) is 1.53. The molecule has 1 aromatic rings. The van der Waals surface area contributed by atoms with Crippen LogP contribution in [0.15, 0.2) is 30.3 Å². The van der Waals surface area contributed by atoms with Crippen molar-refractivity contribution in [1.82, 2.24) is 4.90 Å². The molecule has 0 aromatic heterocycles. The standard InChI is InChI=1S/C14H19N/c1-3-4-8-12-15(2)13-11-14-9-6-5-7-10-14/h1,5-7,9-10H,4,8,11-13H2,2H3. The average Bonchev–Trinajstić information content (AvgIpc) is 2.28. The topological polar surface area (TPSA) is 3.24 Å². The van der Waals surface area contributed by atoms with E-state index in [1.165, 1.54) is 5.56 Å². The molecule has 0 N–H and O–H groups in total. The first-order chi connectivity index (χ1) is 7.33. The normalized spacial score (nSPS) is 10.2. The van der Waals surface area contributed by atoms with Gasteiger partial charge in [0.25, 0.3) is 0 Å². The highest BCUT2D eigenvalue weighted by molar-refractivity contribution is 5.14. The number of rotatable bonds is 6. The molecule has 0 atom stereocenters. The molecule has 0 heterocycles. The second kappa shape index (κ2) is 7.09. The number of hydrogen-bond acceptors (Lipinski definition) is 1. The van der Waals surface area contributed by atoms with Crippen molar-refractivity contribution in [3.8, 4) is 12.3 Å². The van der Waals surface area contributed by atoms with Crippen LogP contribution in [-0.2, 0) is 6.42 Å². The molecule has 0 aliphatic carbocycles. The molecule has 80 valence electrons. The van der Waals surface area contributed by atoms with Gasteiger partial charge in [0, 0.05) is 13.0 Å². The molecule has 15 heavy (non-hydrogen) atoms. The molecule has 0 spiro atoms. The van der Waals surface area contributed by atoms with Gasteiger partial charge in [0.15, 0.2) is 0 Å². The van der Waals surface area contributed by atoms with Crippen LogP contribution in [0.5, 0.6) is 0 Å². The van der Waals surface area contributed by atoms with Gasteiger partial charge in [-0.3, -0.25) is 0 Å². The highest BCUT2D eigenvalue weighted by Gasteiger charge is 1.98. The van der Waals surface area contributed by atoms with Crippen LogP contribution >= 0.6 is 0 Å². The molecule has 1 rings (SSSR count). The molecule has 1 aromatic carbocycles. The van der Waals surface area contributed by atoms with Crippen LogP contribution in [0.2, 0.25) is 0 Å². The van der Waals surface area contributed by atoms with Crippen LogP contribution in [0.1, 0.15) is 18.4 Å². The van der Waals surface area contributed by atoms with Gasteiger partial charge >= 0.3 is 0 Å². The first-order valence-electron chi connectivity index (χ1n) is 5.49. The van der Waals surface area contributed by atoms with E-state index >= 15 is 0 Å². The quantitative estimate of drug-likeness (QED) is 0.505. The summed E-state index contributed by atoms with van der Waals surface area (Å²) in [5.74, 6) is 2.67. The molecule has 0 bridgehead atoms. The van der Waals surface area contributed by atoms with Crippen molar-refractivity contribution < 1.29 is 0 Å². The van der Waals surface area contributed by atoms with E-state index in [2.05, 4.69) is 48.2 Å². The van der Waals surface area contributed by atoms with Crippen molar-refractivity contribution in [3.63, 3.8) is 0 Å². The minimum atomic E-state index is 0.885. The number of unbranched alkanes of at least 4 members (excludes halogenated alkanes) is 1. The second-order valence-corrected chi connectivity index (χ2v) is 3.85. The lowest BCUT2D eigenvalue weighted by molar-refractivity contribution is 0.335. The lowest BCUT2D eigenvalue weighted by atomic mass is 10.1. The van der Waals surface area contributed by atoms with Crippen LogP contribution in [0, 0.1) is 12.3 Å². The molecule has 0 amide bonds. The van der Waals surface area contributed by atoms with E-state index in [-0.39, 0.29) is 0 Å². The maximum absolute atomic E-state index is 5.21. The molecule has 0 saturated carbocycles. The van der Waals surface area contributed by atoms with Gasteiger partial charge in [0.05, 0.1) is 0 Å². The van der Waals surface area contributed by atoms with Gasteiger partial charge in [-0.25, -0.2) is 0 Å². The predicted octanol–water partition coefficient (Wildman–Crippen LogP) is 2.57. The summed E-state index contributed by atoms with van der Waals surface area (Å²) < 4.78 is 0. The van der Waals surface area contributed by atoms with Crippen LogP contribution in [0.25, 0.3) is 0 Å². The van der Waals surface area contributed by atoms with Crippen molar-refractivity contribution in [2.24, 2.45) is 0 Å². The molecule has 0 unspecified atom stereocenters. The zero-order chi connectivity index (χ0) is 10.9. The molecule has 0 radical (unpaired) electrons. The summed E-state index contributed by atoms with van der Waals surface area (Å²) >= 11 is 0. The second-order valence-electron chi connectivity index (χ2n) is 3.85. The van der Waals surface area contributed by atoms with Gasteiger partial charge in [0.1, 0.15) is 0 Å². The number of benzene rings is 1. The number of likely N-dealkylation sites (N-methyl/N-ethyl adjacent to an activating group) is 1. The summed E-state index contributed by atoms with van der Waals surface area (Å²) in [4.78, 5) is 2.34. The maximum atomic E-state index is 5.21. The third kappa shape index (κ3) is 5.24. The van der Waals surface area contributed by atoms with Gasteiger partial charge in [0.2, 0.25) is 0 Å². The van der Waals surface area contributed by atoms with E-state index in [1.807, 2.05) is 0 Å². The third-order valence-corrected chi connectivity index (χ3v) is 2.49. The summed E-state index contributed by atoms with van der Waals surface area (Å²) in [6.45, 7) is 2.20. The molecule has 1 nitrogen and oxygen atoms in total. The molecular weight excluding hydrogens is 182 g/mol. The largest absolute Gasteiger partial charge is 0.306 e. The number of hydrogen-bond donors (Lipinski definition) is 0. The monoisotopic (exact) mass is 201 g/mol. The van der Waals surface area contributed by atoms with Crippen LogP contribution < -0.4 is 0 Å². The Morgan fingerprint density at radius 1 is 1.20 bits per heavy atom. The van der Waals surface area contributed by atoms with Crippen molar-refractivity contribution in [3.05, 3.63) is 35.9 Å². The Labute approximate surface area is 93.1 Å². The molecule has 0 aliphatic rings. The Bertz CT molecular complexity index is 297. The first-order valence-corrected chi connectivity index (χ1v) is 5.49. The Kier molecular flexibility index (Phi) is 5.58. The predicted molar refractivity (Wildman–Crippen MR) is 65.7 cm³/mol. The zero-order valence-electron chi connectivity index (χ0n) is 9.45. The first kappa shape index (κ1) is 11.8. The highest BCUT2D eigenvalue weighted by Crippen LogP contribution is 2.01. The lowest BCUT2D eigenvalue weighted by Crippen LogP contribution is -2.22. The minimum Gasteiger partial charge on any atom is -0.306 e. The summed E-state index contributed by atoms with van der Waals surface area (Å²) in [5.41, 5.74) is 1.40. The lowest BCUT2D eigenvalue weighted by Gasteiger charge is -2.15. The van der Waals surface area contributed by atoms with Crippen molar-refractivity contribution >= 4 is 0 Å². The Morgan fingerprint density at radius 2 is 1.93 bits per heavy atom. The van der Waals surface area contributed by atoms with Gasteiger partial charge in [-0.05, 0) is 32.0 Å². The zero-order valence-corrected chi connectivity index (χ0v) is 9.45. The SMILES string of the molecule is C#CCCCN(C)CCc1ccccc1. The van der Waals surface area contributed by atoms with Gasteiger partial charge in [-0.2, -0.15) is 0 Å². The molecule has 0 fully saturated rings. The van der Waals surface area contributed by atoms with E-state index in [0.29, 0.717) is 0 Å². The van der Waals surface area contributed by atoms with E-state index in [1.54, 1.807) is 0 Å². The molecular formula is C14H19N. The highest BCUT2D eigenvalue weighted by atomic mass is 15.1. The fourth-order valence-corrected chi connectivity index (χ4v) is 1.53. The van der Waals surface area contributed by atoms with Gasteiger partial charge < -0.3 is 4.90 Å². The molecule has 0 aliphatic heterocycles. The van der Waals surface area contributed by atoms with Gasteiger partial charge in [-0.15, -0.1) is 12.3 Å². The summed E-state index contributed by atoms with van der Waals surface area (Å²) in [6, 6.07) is 10.6. The Balaban J connectivity index is 2.17. The number of nitrogens with zero attached hydrogens (tertiary/aromatic N) is 1. The molecule has 0 saturated heterocycles. The summed E-state index contributed by atoms with van der Waals surface area (Å²) in [5, 5.41) is 0. The van der Waals surface area contributed by atoms with Crippen LogP contribution in [0.4, 0.5) is 0 Å².